The molecule has 0 saturated heterocycles. The Hall–Kier alpha value is -3.21. The second kappa shape index (κ2) is 7.93. The summed E-state index contributed by atoms with van der Waals surface area (Å²) in [5.41, 5.74) is 11.9. The Morgan fingerprint density at radius 3 is 2.12 bits per heavy atom. The van der Waals surface area contributed by atoms with Gasteiger partial charge in [0.1, 0.15) is 5.60 Å². The third kappa shape index (κ3) is 3.87. The molecule has 1 amide bonds. The van der Waals surface area contributed by atoms with Gasteiger partial charge < -0.3 is 10.5 Å². The first-order valence-corrected chi connectivity index (χ1v) is 12.2. The number of benzene rings is 2. The Bertz CT molecular complexity index is 1240. The molecule has 3 aromatic rings. The van der Waals surface area contributed by atoms with Crippen molar-refractivity contribution in [3.63, 3.8) is 0 Å². The number of hydrogen-bond donors (Lipinski definition) is 1. The molecule has 2 N–H and O–H groups in total. The summed E-state index contributed by atoms with van der Waals surface area (Å²) in [6.45, 7) is 9.37. The smallest absolute Gasteiger partial charge is 0.405 e. The highest BCUT2D eigenvalue weighted by molar-refractivity contribution is 5.67. The zero-order chi connectivity index (χ0) is 24.1. The lowest BCUT2D eigenvalue weighted by atomic mass is 9.63. The van der Waals surface area contributed by atoms with E-state index < -0.39 is 11.7 Å². The van der Waals surface area contributed by atoms with Crippen molar-refractivity contribution < 1.29 is 9.53 Å². The van der Waals surface area contributed by atoms with Gasteiger partial charge in [-0.25, -0.2) is 14.8 Å². The fraction of sp³-hybridized carbons (Fsp3) is 0.414. The van der Waals surface area contributed by atoms with E-state index in [1.54, 1.807) is 0 Å². The lowest BCUT2D eigenvalue weighted by Gasteiger charge is -2.42. The van der Waals surface area contributed by atoms with Crippen LogP contribution in [-0.2, 0) is 21.2 Å². The molecule has 1 saturated carbocycles. The Kier molecular flexibility index (Phi) is 5.27. The number of nitrogens with zero attached hydrogens (tertiary/aromatic N) is 2. The van der Waals surface area contributed by atoms with Gasteiger partial charge in [-0.15, -0.1) is 0 Å². The van der Waals surface area contributed by atoms with Crippen molar-refractivity contribution in [3.8, 4) is 22.6 Å². The van der Waals surface area contributed by atoms with Crippen molar-refractivity contribution >= 4 is 6.09 Å². The number of ether oxygens (including phenoxy) is 1. The van der Waals surface area contributed by atoms with Crippen LogP contribution >= 0.6 is 0 Å². The average molecular weight is 456 g/mol. The first-order chi connectivity index (χ1) is 16.1. The van der Waals surface area contributed by atoms with Gasteiger partial charge in [-0.2, -0.15) is 0 Å². The lowest BCUT2D eigenvalue weighted by molar-refractivity contribution is -0.0489. The summed E-state index contributed by atoms with van der Waals surface area (Å²) in [6.07, 6.45) is 6.10. The van der Waals surface area contributed by atoms with Crippen molar-refractivity contribution in [1.29, 1.82) is 0 Å². The van der Waals surface area contributed by atoms with Gasteiger partial charge in [0.15, 0.2) is 5.82 Å². The molecule has 5 nitrogen and oxygen atoms in total. The van der Waals surface area contributed by atoms with Crippen LogP contribution in [0.25, 0.3) is 22.6 Å². The number of hydrogen-bond acceptors (Lipinski definition) is 4. The molecule has 1 aromatic heterocycles. The summed E-state index contributed by atoms with van der Waals surface area (Å²) in [5.74, 6) is 0.680. The van der Waals surface area contributed by atoms with Crippen LogP contribution in [0.15, 0.2) is 54.7 Å². The maximum atomic E-state index is 11.4. The van der Waals surface area contributed by atoms with Crippen molar-refractivity contribution in [1.82, 2.24) is 9.97 Å². The Balaban J connectivity index is 1.47. The fourth-order valence-electron chi connectivity index (χ4n) is 5.47. The minimum Gasteiger partial charge on any atom is -0.438 e. The molecule has 0 aliphatic heterocycles. The topological polar surface area (TPSA) is 78.1 Å². The molecule has 176 valence electrons. The molecule has 2 aromatic carbocycles. The summed E-state index contributed by atoms with van der Waals surface area (Å²) in [7, 11) is 0. The van der Waals surface area contributed by atoms with Crippen LogP contribution in [0, 0.1) is 0 Å². The molecule has 0 atom stereocenters. The van der Waals surface area contributed by atoms with Gasteiger partial charge in [-0.3, -0.25) is 0 Å². The van der Waals surface area contributed by atoms with E-state index in [2.05, 4.69) is 50.9 Å². The van der Waals surface area contributed by atoms with Crippen LogP contribution in [0.2, 0.25) is 0 Å². The summed E-state index contributed by atoms with van der Waals surface area (Å²) >= 11 is 0. The van der Waals surface area contributed by atoms with Gasteiger partial charge in [0.25, 0.3) is 0 Å². The van der Waals surface area contributed by atoms with Crippen LogP contribution in [0.3, 0.4) is 0 Å². The Morgan fingerprint density at radius 2 is 1.50 bits per heavy atom. The normalized spacial score (nSPS) is 19.5. The molecule has 34 heavy (non-hydrogen) atoms. The molecule has 0 unspecified atom stereocenters. The Morgan fingerprint density at radius 1 is 0.853 bits per heavy atom. The third-order valence-electron chi connectivity index (χ3n) is 7.93. The number of carbonyl (C=O) groups excluding carboxylic acids is 1. The summed E-state index contributed by atoms with van der Waals surface area (Å²) in [6, 6.07) is 16.8. The standard InChI is InChI=1S/C29H33N3O2/c1-27(2)15-16-28(3,4)23-18-20(8-11-22(23)27)24-12-17-31-25(32-24)19-6-9-21(10-7-19)29(13-5-14-29)34-26(30)33/h6-12,17-18H,5,13-16H2,1-4H3,(H2,30,33). The number of amides is 1. The molecule has 2 aliphatic rings. The largest absolute Gasteiger partial charge is 0.438 e. The highest BCUT2D eigenvalue weighted by atomic mass is 16.6. The fourth-order valence-corrected chi connectivity index (χ4v) is 5.47. The van der Waals surface area contributed by atoms with Crippen molar-refractivity contribution in [3.05, 3.63) is 71.4 Å². The van der Waals surface area contributed by atoms with E-state index in [-0.39, 0.29) is 10.8 Å². The zero-order valence-electron chi connectivity index (χ0n) is 20.5. The molecule has 0 spiro atoms. The van der Waals surface area contributed by atoms with Crippen LogP contribution in [0.1, 0.15) is 76.5 Å². The van der Waals surface area contributed by atoms with Crippen LogP contribution in [0.4, 0.5) is 4.79 Å². The van der Waals surface area contributed by atoms with Crippen LogP contribution in [-0.4, -0.2) is 16.1 Å². The molecule has 1 fully saturated rings. The SMILES string of the molecule is CC1(C)CCC(C)(C)c2cc(-c3ccnc(-c4ccc(C5(OC(N)=O)CCC5)cc4)n3)ccc21. The van der Waals surface area contributed by atoms with Crippen molar-refractivity contribution in [2.24, 2.45) is 5.73 Å². The van der Waals surface area contributed by atoms with Gasteiger partial charge in [0.2, 0.25) is 0 Å². The van der Waals surface area contributed by atoms with Crippen molar-refractivity contribution in [2.75, 3.05) is 0 Å². The minimum atomic E-state index is -0.726. The van der Waals surface area contributed by atoms with Gasteiger partial charge in [-0.1, -0.05) is 64.1 Å². The molecule has 5 rings (SSSR count). The second-order valence-electron chi connectivity index (χ2n) is 11.1. The van der Waals surface area contributed by atoms with Crippen LogP contribution in [0.5, 0.6) is 0 Å². The van der Waals surface area contributed by atoms with Crippen LogP contribution < -0.4 is 5.73 Å². The van der Waals surface area contributed by atoms with E-state index in [0.29, 0.717) is 5.82 Å². The van der Waals surface area contributed by atoms with Crippen molar-refractivity contribution in [2.45, 2.75) is 76.2 Å². The van der Waals surface area contributed by atoms with Gasteiger partial charge in [-0.05, 0) is 71.8 Å². The summed E-state index contributed by atoms with van der Waals surface area (Å²) in [5, 5.41) is 0. The second-order valence-corrected chi connectivity index (χ2v) is 11.1. The molecule has 0 bridgehead atoms. The van der Waals surface area contributed by atoms with E-state index in [4.69, 9.17) is 15.5 Å². The lowest BCUT2D eigenvalue weighted by Crippen LogP contribution is -2.40. The number of aromatic nitrogens is 2. The van der Waals surface area contributed by atoms with E-state index in [0.717, 1.165) is 41.6 Å². The predicted molar refractivity (Wildman–Crippen MR) is 134 cm³/mol. The molecule has 1 heterocycles. The maximum Gasteiger partial charge on any atom is 0.405 e. The predicted octanol–water partition coefficient (Wildman–Crippen LogP) is 6.63. The highest BCUT2D eigenvalue weighted by Gasteiger charge is 2.42. The third-order valence-corrected chi connectivity index (χ3v) is 7.93. The average Bonchev–Trinajstić information content (AvgIpc) is 2.79. The monoisotopic (exact) mass is 455 g/mol. The molecule has 2 aliphatic carbocycles. The number of fused-ring (bicyclic) bond motifs is 1. The maximum absolute atomic E-state index is 11.4. The molecular formula is C29H33N3O2. The summed E-state index contributed by atoms with van der Waals surface area (Å²) in [4.78, 5) is 20.8. The highest BCUT2D eigenvalue weighted by Crippen LogP contribution is 2.47. The van der Waals surface area contributed by atoms with E-state index in [9.17, 15) is 4.79 Å². The Labute approximate surface area is 201 Å². The molecule has 5 heteroatoms. The number of rotatable bonds is 4. The quantitative estimate of drug-likeness (QED) is 0.479. The first kappa shape index (κ1) is 22.6. The molecular weight excluding hydrogens is 422 g/mol. The number of primary amides is 1. The van der Waals surface area contributed by atoms with E-state index in [1.807, 2.05) is 36.5 Å². The molecule has 0 radical (unpaired) electrons. The number of nitrogens with two attached hydrogens (primary N) is 1. The number of carbonyl (C=O) groups is 1. The first-order valence-electron chi connectivity index (χ1n) is 12.2. The minimum absolute atomic E-state index is 0.150. The zero-order valence-corrected chi connectivity index (χ0v) is 20.5. The summed E-state index contributed by atoms with van der Waals surface area (Å²) < 4.78 is 5.47. The van der Waals surface area contributed by atoms with Gasteiger partial charge in [0, 0.05) is 17.3 Å². The van der Waals surface area contributed by atoms with E-state index in [1.165, 1.54) is 24.0 Å². The van der Waals surface area contributed by atoms with Gasteiger partial charge >= 0.3 is 6.09 Å². The van der Waals surface area contributed by atoms with Gasteiger partial charge in [0.05, 0.1) is 5.69 Å². The van der Waals surface area contributed by atoms with E-state index >= 15 is 0 Å².